The zero-order valence-corrected chi connectivity index (χ0v) is 18.2. The Bertz CT molecular complexity index is 948. The summed E-state index contributed by atoms with van der Waals surface area (Å²) in [6, 6.07) is 10.1. The van der Waals surface area contributed by atoms with E-state index >= 15 is 0 Å². The largest absolute Gasteiger partial charge is 0.310 e. The molecule has 2 heterocycles. The molecule has 0 aliphatic rings. The van der Waals surface area contributed by atoms with E-state index in [4.69, 9.17) is 0 Å². The summed E-state index contributed by atoms with van der Waals surface area (Å²) in [6.07, 6.45) is 2.63. The summed E-state index contributed by atoms with van der Waals surface area (Å²) in [4.78, 5) is 12.7. The van der Waals surface area contributed by atoms with Gasteiger partial charge in [-0.3, -0.25) is 4.79 Å². The first-order chi connectivity index (χ1) is 13.9. The minimum Gasteiger partial charge on any atom is -0.310 e. The second kappa shape index (κ2) is 9.21. The molecule has 9 heteroatoms. The first kappa shape index (κ1) is 21.0. The highest BCUT2D eigenvalue weighted by molar-refractivity contribution is 8.00. The molecule has 2 aromatic heterocycles. The average Bonchev–Trinajstić information content (AvgIpc) is 3.36. The van der Waals surface area contributed by atoms with Gasteiger partial charge in [-0.2, -0.15) is 9.78 Å². The Hall–Kier alpha value is -2.68. The van der Waals surface area contributed by atoms with Crippen LogP contribution in [0.25, 0.3) is 5.69 Å². The van der Waals surface area contributed by atoms with E-state index < -0.39 is 0 Å². The molecule has 0 radical (unpaired) electrons. The number of nitrogens with zero attached hydrogens (tertiary/aromatic N) is 6. The normalized spacial score (nSPS) is 13.4. The molecule has 0 saturated carbocycles. The third-order valence-corrected chi connectivity index (χ3v) is 5.86. The zero-order chi connectivity index (χ0) is 21.0. The lowest BCUT2D eigenvalue weighted by atomic mass is 10.0. The van der Waals surface area contributed by atoms with Crippen LogP contribution < -0.4 is 5.32 Å². The van der Waals surface area contributed by atoms with Gasteiger partial charge < -0.3 is 5.32 Å². The van der Waals surface area contributed by atoms with Crippen molar-refractivity contribution in [3.8, 4) is 5.69 Å². The maximum Gasteiger partial charge on any atom is 0.238 e. The van der Waals surface area contributed by atoms with Gasteiger partial charge in [0.25, 0.3) is 0 Å². The number of thioether (sulfide) groups is 1. The van der Waals surface area contributed by atoms with Crippen LogP contribution >= 0.6 is 11.8 Å². The van der Waals surface area contributed by atoms with Gasteiger partial charge in [-0.05, 0) is 54.3 Å². The van der Waals surface area contributed by atoms with Gasteiger partial charge in [-0.1, -0.05) is 44.7 Å². The van der Waals surface area contributed by atoms with Crippen LogP contribution in [-0.2, 0) is 4.79 Å². The Balaban J connectivity index is 1.70. The van der Waals surface area contributed by atoms with Crippen molar-refractivity contribution in [2.75, 3.05) is 5.32 Å². The maximum atomic E-state index is 12.7. The molecule has 0 spiro atoms. The fraction of sp³-hybridized carbons (Fsp3) is 0.450. The van der Waals surface area contributed by atoms with Crippen LogP contribution in [0.4, 0.5) is 5.82 Å². The number of rotatable bonds is 8. The molecular weight excluding hydrogens is 386 g/mol. The van der Waals surface area contributed by atoms with Crippen molar-refractivity contribution < 1.29 is 4.79 Å². The summed E-state index contributed by atoms with van der Waals surface area (Å²) in [5, 5.41) is 19.4. The van der Waals surface area contributed by atoms with Crippen LogP contribution in [0.3, 0.4) is 0 Å². The van der Waals surface area contributed by atoms with Crippen LogP contribution in [-0.4, -0.2) is 41.1 Å². The van der Waals surface area contributed by atoms with Gasteiger partial charge in [0.1, 0.15) is 5.82 Å². The van der Waals surface area contributed by atoms with Gasteiger partial charge >= 0.3 is 0 Å². The van der Waals surface area contributed by atoms with Gasteiger partial charge in [0.15, 0.2) is 0 Å². The molecule has 0 unspecified atom stereocenters. The second-order valence-corrected chi connectivity index (χ2v) is 8.60. The summed E-state index contributed by atoms with van der Waals surface area (Å²) in [7, 11) is 0. The number of hydrogen-bond acceptors (Lipinski definition) is 6. The Labute approximate surface area is 175 Å². The van der Waals surface area contributed by atoms with E-state index in [1.54, 1.807) is 10.9 Å². The van der Waals surface area contributed by atoms with Crippen LogP contribution in [0.5, 0.6) is 0 Å². The first-order valence-corrected chi connectivity index (χ1v) is 10.7. The van der Waals surface area contributed by atoms with E-state index in [1.165, 1.54) is 17.3 Å². The molecule has 0 saturated heterocycles. The third-order valence-electron chi connectivity index (χ3n) is 4.83. The van der Waals surface area contributed by atoms with Crippen LogP contribution in [0.2, 0.25) is 0 Å². The summed E-state index contributed by atoms with van der Waals surface area (Å²) in [6.45, 7) is 10.3. The Morgan fingerprint density at radius 1 is 1.14 bits per heavy atom. The number of carbonyl (C=O) groups excluding carboxylic acids is 1. The third kappa shape index (κ3) is 4.84. The smallest absolute Gasteiger partial charge is 0.238 e. The molecule has 3 rings (SSSR count). The van der Waals surface area contributed by atoms with Crippen molar-refractivity contribution in [1.29, 1.82) is 0 Å². The quantitative estimate of drug-likeness (QED) is 0.560. The van der Waals surface area contributed by atoms with Crippen LogP contribution in [0, 0.1) is 0 Å². The fourth-order valence-electron chi connectivity index (χ4n) is 2.79. The van der Waals surface area contributed by atoms with Crippen molar-refractivity contribution in [3.63, 3.8) is 0 Å². The monoisotopic (exact) mass is 413 g/mol. The number of benzene rings is 1. The average molecular weight is 414 g/mol. The summed E-state index contributed by atoms with van der Waals surface area (Å²) >= 11 is 1.32. The van der Waals surface area contributed by atoms with Gasteiger partial charge in [0.05, 0.1) is 23.2 Å². The van der Waals surface area contributed by atoms with E-state index in [2.05, 4.69) is 65.8 Å². The lowest BCUT2D eigenvalue weighted by molar-refractivity contribution is -0.115. The predicted octanol–water partition coefficient (Wildman–Crippen LogP) is 4.07. The SMILES string of the molecule is CC[C@H](C)n1nccc1NC(=O)[C@@H](C)Sc1nnnn1-c1ccc(C(C)C)cc1. The Kier molecular flexibility index (Phi) is 6.68. The fourth-order valence-corrected chi connectivity index (χ4v) is 3.60. The Morgan fingerprint density at radius 2 is 1.86 bits per heavy atom. The zero-order valence-electron chi connectivity index (χ0n) is 17.4. The molecule has 0 aliphatic heterocycles. The number of tetrazole rings is 1. The van der Waals surface area contributed by atoms with Crippen LogP contribution in [0.15, 0.2) is 41.7 Å². The highest BCUT2D eigenvalue weighted by atomic mass is 32.2. The minimum atomic E-state index is -0.380. The summed E-state index contributed by atoms with van der Waals surface area (Å²) in [5.74, 6) is 1.03. The topological polar surface area (TPSA) is 90.5 Å². The number of carbonyl (C=O) groups is 1. The maximum absolute atomic E-state index is 12.7. The number of hydrogen-bond donors (Lipinski definition) is 1. The molecular formula is C20H27N7OS. The molecule has 8 nitrogen and oxygen atoms in total. The molecule has 0 bridgehead atoms. The number of anilines is 1. The molecule has 0 fully saturated rings. The number of amides is 1. The molecule has 0 aliphatic carbocycles. The number of nitrogens with one attached hydrogen (secondary N) is 1. The van der Waals surface area contributed by atoms with Gasteiger partial charge in [0, 0.05) is 6.07 Å². The second-order valence-electron chi connectivity index (χ2n) is 7.29. The highest BCUT2D eigenvalue weighted by Crippen LogP contribution is 2.25. The molecule has 1 aromatic carbocycles. The summed E-state index contributed by atoms with van der Waals surface area (Å²) in [5.41, 5.74) is 2.12. The Morgan fingerprint density at radius 3 is 2.52 bits per heavy atom. The van der Waals surface area contributed by atoms with Gasteiger partial charge in [-0.15, -0.1) is 5.10 Å². The van der Waals surface area contributed by atoms with E-state index in [9.17, 15) is 4.79 Å². The van der Waals surface area contributed by atoms with Crippen molar-refractivity contribution in [2.45, 2.75) is 63.4 Å². The first-order valence-electron chi connectivity index (χ1n) is 9.80. The lowest BCUT2D eigenvalue weighted by Gasteiger charge is -2.16. The molecule has 2 atom stereocenters. The highest BCUT2D eigenvalue weighted by Gasteiger charge is 2.21. The summed E-state index contributed by atoms with van der Waals surface area (Å²) < 4.78 is 3.48. The molecule has 29 heavy (non-hydrogen) atoms. The molecule has 3 aromatic rings. The standard InChI is InChI=1S/C20H27N7OS/c1-6-14(4)26-18(11-12-21-26)22-19(28)15(5)29-20-23-24-25-27(20)17-9-7-16(8-10-17)13(2)3/h7-15H,6H2,1-5H3,(H,22,28)/t14-,15+/m0/s1. The van der Waals surface area contributed by atoms with Gasteiger partial charge in [0.2, 0.25) is 11.1 Å². The number of aromatic nitrogens is 6. The van der Waals surface area contributed by atoms with Crippen molar-refractivity contribution in [2.24, 2.45) is 0 Å². The van der Waals surface area contributed by atoms with Crippen LogP contribution in [0.1, 0.15) is 58.6 Å². The predicted molar refractivity (Wildman–Crippen MR) is 114 cm³/mol. The molecule has 1 amide bonds. The molecule has 154 valence electrons. The van der Waals surface area contributed by atoms with Crippen molar-refractivity contribution in [1.82, 2.24) is 30.0 Å². The van der Waals surface area contributed by atoms with Crippen molar-refractivity contribution in [3.05, 3.63) is 42.1 Å². The minimum absolute atomic E-state index is 0.121. The van der Waals surface area contributed by atoms with E-state index in [1.807, 2.05) is 29.8 Å². The van der Waals surface area contributed by atoms with Crippen molar-refractivity contribution >= 4 is 23.5 Å². The van der Waals surface area contributed by atoms with E-state index in [0.29, 0.717) is 16.9 Å². The molecule has 1 N–H and O–H groups in total. The van der Waals surface area contributed by atoms with E-state index in [0.717, 1.165) is 12.1 Å². The lowest BCUT2D eigenvalue weighted by Crippen LogP contribution is -2.25. The van der Waals surface area contributed by atoms with Gasteiger partial charge in [-0.25, -0.2) is 4.68 Å². The van der Waals surface area contributed by atoms with E-state index in [-0.39, 0.29) is 17.2 Å².